The molecule has 21 heavy (non-hydrogen) atoms. The predicted molar refractivity (Wildman–Crippen MR) is 82.5 cm³/mol. The summed E-state index contributed by atoms with van der Waals surface area (Å²) in [5.74, 6) is -0.626. The van der Waals surface area contributed by atoms with Gasteiger partial charge in [0.15, 0.2) is 9.84 Å². The van der Waals surface area contributed by atoms with Crippen LogP contribution in [0.3, 0.4) is 0 Å². The Balaban J connectivity index is 2.01. The molecular formula is C13H16BrFN2O3S. The molecule has 1 unspecified atom stereocenters. The Morgan fingerprint density at radius 2 is 2.24 bits per heavy atom. The molecule has 1 aromatic rings. The van der Waals surface area contributed by atoms with Gasteiger partial charge in [-0.15, -0.1) is 0 Å². The third kappa shape index (κ3) is 4.49. The van der Waals surface area contributed by atoms with Crippen molar-refractivity contribution in [2.24, 2.45) is 0 Å². The first-order chi connectivity index (χ1) is 9.77. The lowest BCUT2D eigenvalue weighted by Gasteiger charge is -2.23. The van der Waals surface area contributed by atoms with Crippen molar-refractivity contribution in [1.29, 1.82) is 0 Å². The Morgan fingerprint density at radius 1 is 1.52 bits per heavy atom. The summed E-state index contributed by atoms with van der Waals surface area (Å²) in [6.07, 6.45) is 0.0632. The number of sulfone groups is 1. The van der Waals surface area contributed by atoms with Crippen molar-refractivity contribution in [1.82, 2.24) is 5.32 Å². The smallest absolute Gasteiger partial charge is 0.225 e. The van der Waals surface area contributed by atoms with Crippen LogP contribution in [-0.2, 0) is 14.6 Å². The number of hydrogen-bond acceptors (Lipinski definition) is 4. The van der Waals surface area contributed by atoms with E-state index in [1.807, 2.05) is 0 Å². The Morgan fingerprint density at radius 3 is 2.90 bits per heavy atom. The number of halogens is 2. The van der Waals surface area contributed by atoms with Crippen molar-refractivity contribution in [3.63, 3.8) is 0 Å². The number of aryl methyl sites for hydroxylation is 1. The van der Waals surface area contributed by atoms with Crippen molar-refractivity contribution in [3.8, 4) is 0 Å². The molecule has 116 valence electrons. The molecule has 2 rings (SSSR count). The third-order valence-corrected chi connectivity index (χ3v) is 5.62. The highest BCUT2D eigenvalue weighted by atomic mass is 79.9. The van der Waals surface area contributed by atoms with E-state index in [2.05, 4.69) is 26.6 Å². The van der Waals surface area contributed by atoms with Crippen LogP contribution in [-0.4, -0.2) is 38.4 Å². The zero-order chi connectivity index (χ0) is 15.6. The van der Waals surface area contributed by atoms with Crippen LogP contribution >= 0.6 is 15.9 Å². The number of amides is 1. The Hall–Kier alpha value is -0.990. The van der Waals surface area contributed by atoms with E-state index in [4.69, 9.17) is 0 Å². The molecule has 1 aromatic carbocycles. The minimum atomic E-state index is -3.07. The lowest BCUT2D eigenvalue weighted by atomic mass is 10.1. The SMILES string of the molecule is Cc1cc(F)c(Br)cc1NC(=O)CC1CS(=O)(=O)CCN1. The maximum Gasteiger partial charge on any atom is 0.225 e. The van der Waals surface area contributed by atoms with Crippen LogP contribution in [0.15, 0.2) is 16.6 Å². The van der Waals surface area contributed by atoms with Crippen molar-refractivity contribution >= 4 is 37.4 Å². The second-order valence-corrected chi connectivity index (χ2v) is 8.18. The zero-order valence-corrected chi connectivity index (χ0v) is 13.9. The average molecular weight is 379 g/mol. The number of benzene rings is 1. The predicted octanol–water partition coefficient (Wildman–Crippen LogP) is 1.61. The maximum atomic E-state index is 13.3. The van der Waals surface area contributed by atoms with Crippen LogP contribution in [0.5, 0.6) is 0 Å². The molecule has 5 nitrogen and oxygen atoms in total. The summed E-state index contributed by atoms with van der Waals surface area (Å²) in [7, 11) is -3.07. The Labute approximate surface area is 131 Å². The molecule has 0 radical (unpaired) electrons. The molecule has 0 spiro atoms. The molecule has 1 saturated heterocycles. The van der Waals surface area contributed by atoms with Crippen LogP contribution < -0.4 is 10.6 Å². The first-order valence-electron chi connectivity index (χ1n) is 6.46. The highest BCUT2D eigenvalue weighted by molar-refractivity contribution is 9.10. The molecular weight excluding hydrogens is 363 g/mol. The molecule has 1 aliphatic heterocycles. The van der Waals surface area contributed by atoms with E-state index in [0.29, 0.717) is 17.8 Å². The average Bonchev–Trinajstić information content (AvgIpc) is 2.34. The van der Waals surface area contributed by atoms with E-state index in [9.17, 15) is 17.6 Å². The highest BCUT2D eigenvalue weighted by Crippen LogP contribution is 2.24. The summed E-state index contributed by atoms with van der Waals surface area (Å²) in [6, 6.07) is 2.43. The number of hydrogen-bond donors (Lipinski definition) is 2. The normalized spacial score (nSPS) is 21.0. The number of carbonyl (C=O) groups excluding carboxylic acids is 1. The van der Waals surface area contributed by atoms with Crippen LogP contribution in [0.1, 0.15) is 12.0 Å². The zero-order valence-electron chi connectivity index (χ0n) is 11.4. The van der Waals surface area contributed by atoms with Gasteiger partial charge in [-0.1, -0.05) is 0 Å². The fourth-order valence-electron chi connectivity index (χ4n) is 2.20. The van der Waals surface area contributed by atoms with E-state index >= 15 is 0 Å². The fourth-order valence-corrected chi connectivity index (χ4v) is 3.99. The van der Waals surface area contributed by atoms with Gasteiger partial charge in [-0.05, 0) is 40.5 Å². The molecule has 0 bridgehead atoms. The van der Waals surface area contributed by atoms with Gasteiger partial charge in [0.2, 0.25) is 5.91 Å². The van der Waals surface area contributed by atoms with Gasteiger partial charge in [-0.25, -0.2) is 12.8 Å². The molecule has 1 heterocycles. The number of nitrogens with one attached hydrogen (secondary N) is 2. The van der Waals surface area contributed by atoms with E-state index < -0.39 is 15.7 Å². The first kappa shape index (κ1) is 16.4. The van der Waals surface area contributed by atoms with Crippen molar-refractivity contribution in [3.05, 3.63) is 28.0 Å². The van der Waals surface area contributed by atoms with Gasteiger partial charge in [0.25, 0.3) is 0 Å². The molecule has 1 amide bonds. The van der Waals surface area contributed by atoms with Gasteiger partial charge in [0, 0.05) is 24.7 Å². The molecule has 8 heteroatoms. The Bertz CT molecular complexity index is 664. The minimum Gasteiger partial charge on any atom is -0.326 e. The van der Waals surface area contributed by atoms with E-state index in [1.165, 1.54) is 12.1 Å². The van der Waals surface area contributed by atoms with Crippen molar-refractivity contribution < 1.29 is 17.6 Å². The van der Waals surface area contributed by atoms with Crippen molar-refractivity contribution in [2.45, 2.75) is 19.4 Å². The van der Waals surface area contributed by atoms with E-state index in [-0.39, 0.29) is 34.3 Å². The summed E-state index contributed by atoms with van der Waals surface area (Å²) < 4.78 is 36.6. The van der Waals surface area contributed by atoms with Crippen LogP contribution in [0, 0.1) is 12.7 Å². The van der Waals surface area contributed by atoms with Gasteiger partial charge in [-0.2, -0.15) is 0 Å². The Kier molecular flexibility index (Phi) is 5.00. The summed E-state index contributed by atoms with van der Waals surface area (Å²) in [5.41, 5.74) is 1.11. The fraction of sp³-hybridized carbons (Fsp3) is 0.462. The third-order valence-electron chi connectivity index (χ3n) is 3.27. The molecule has 0 aliphatic carbocycles. The maximum absolute atomic E-state index is 13.3. The van der Waals surface area contributed by atoms with Gasteiger partial charge < -0.3 is 10.6 Å². The van der Waals surface area contributed by atoms with Gasteiger partial charge in [0.05, 0.1) is 16.0 Å². The summed E-state index contributed by atoms with van der Waals surface area (Å²) in [6.45, 7) is 2.05. The number of carbonyl (C=O) groups is 1. The van der Waals surface area contributed by atoms with Gasteiger partial charge in [-0.3, -0.25) is 4.79 Å². The quantitative estimate of drug-likeness (QED) is 0.837. The topological polar surface area (TPSA) is 75.3 Å². The van der Waals surface area contributed by atoms with Crippen molar-refractivity contribution in [2.75, 3.05) is 23.4 Å². The lowest BCUT2D eigenvalue weighted by molar-refractivity contribution is -0.116. The summed E-state index contributed by atoms with van der Waals surface area (Å²) >= 11 is 3.07. The summed E-state index contributed by atoms with van der Waals surface area (Å²) in [5, 5.41) is 5.70. The molecule has 1 atom stereocenters. The largest absolute Gasteiger partial charge is 0.326 e. The van der Waals surface area contributed by atoms with Crippen LogP contribution in [0.4, 0.5) is 10.1 Å². The highest BCUT2D eigenvalue weighted by Gasteiger charge is 2.26. The molecule has 2 N–H and O–H groups in total. The second kappa shape index (κ2) is 6.41. The second-order valence-electron chi connectivity index (χ2n) is 5.10. The van der Waals surface area contributed by atoms with E-state index in [1.54, 1.807) is 6.92 Å². The minimum absolute atomic E-state index is 0.0352. The number of rotatable bonds is 3. The van der Waals surface area contributed by atoms with Crippen LogP contribution in [0.25, 0.3) is 0 Å². The number of anilines is 1. The molecule has 1 fully saturated rings. The first-order valence-corrected chi connectivity index (χ1v) is 9.07. The van der Waals surface area contributed by atoms with Gasteiger partial charge in [0.1, 0.15) is 5.82 Å². The summed E-state index contributed by atoms with van der Waals surface area (Å²) in [4.78, 5) is 12.0. The lowest BCUT2D eigenvalue weighted by Crippen LogP contribution is -2.46. The van der Waals surface area contributed by atoms with E-state index in [0.717, 1.165) is 0 Å². The van der Waals surface area contributed by atoms with Crippen LogP contribution in [0.2, 0.25) is 0 Å². The van der Waals surface area contributed by atoms with Gasteiger partial charge >= 0.3 is 0 Å². The monoisotopic (exact) mass is 378 g/mol. The molecule has 0 saturated carbocycles. The molecule has 0 aromatic heterocycles. The standard InChI is InChI=1S/C13H16BrFN2O3S/c1-8-4-11(15)10(14)6-12(8)17-13(18)5-9-7-21(19,20)3-2-16-9/h4,6,9,16H,2-3,5,7H2,1H3,(H,17,18). The molecule has 1 aliphatic rings.